The number of hydrogen-bond donors (Lipinski definition) is 0. The standard InChI is InChI=1S/C20H33F2NO8/c1-9-27-16(24)15(11-13(21)14(22)12-29-28-10-2)23(17(25)30-19(3,4)5)18(26)31-20(6,7)8/h15H,9-12H2,1-8H3/b14-13+. The van der Waals surface area contributed by atoms with Crippen molar-refractivity contribution in [2.75, 3.05) is 19.8 Å². The van der Waals surface area contributed by atoms with Crippen molar-refractivity contribution < 1.29 is 47.2 Å². The van der Waals surface area contributed by atoms with Gasteiger partial charge in [0.2, 0.25) is 0 Å². The van der Waals surface area contributed by atoms with Crippen molar-refractivity contribution in [3.8, 4) is 0 Å². The molecule has 0 rings (SSSR count). The van der Waals surface area contributed by atoms with Gasteiger partial charge in [0, 0.05) is 6.42 Å². The number of ether oxygens (including phenoxy) is 3. The van der Waals surface area contributed by atoms with Gasteiger partial charge in [-0.25, -0.2) is 32.9 Å². The maximum Gasteiger partial charge on any atom is 0.420 e. The number of imide groups is 1. The molecule has 0 N–H and O–H groups in total. The van der Waals surface area contributed by atoms with Crippen LogP contribution in [0.15, 0.2) is 11.7 Å². The molecule has 0 aliphatic heterocycles. The lowest BCUT2D eigenvalue weighted by atomic mass is 10.1. The van der Waals surface area contributed by atoms with Crippen LogP contribution in [-0.2, 0) is 28.8 Å². The molecule has 0 aliphatic carbocycles. The highest BCUT2D eigenvalue weighted by molar-refractivity contribution is 5.94. The number of carbonyl (C=O) groups is 3. The Morgan fingerprint density at radius 2 is 1.29 bits per heavy atom. The van der Waals surface area contributed by atoms with Crippen LogP contribution in [-0.4, -0.2) is 60.1 Å². The predicted octanol–water partition coefficient (Wildman–Crippen LogP) is 4.60. The van der Waals surface area contributed by atoms with E-state index in [4.69, 9.17) is 14.2 Å². The van der Waals surface area contributed by atoms with E-state index < -0.39 is 60.1 Å². The van der Waals surface area contributed by atoms with E-state index in [0.29, 0.717) is 0 Å². The third-order valence-electron chi connectivity index (χ3n) is 3.10. The Morgan fingerprint density at radius 3 is 1.68 bits per heavy atom. The topological polar surface area (TPSA) is 101 Å². The van der Waals surface area contributed by atoms with Crippen molar-refractivity contribution in [1.82, 2.24) is 4.90 Å². The fourth-order valence-corrected chi connectivity index (χ4v) is 2.01. The molecule has 11 heteroatoms. The van der Waals surface area contributed by atoms with Crippen molar-refractivity contribution in [1.29, 1.82) is 0 Å². The van der Waals surface area contributed by atoms with E-state index in [2.05, 4.69) is 9.78 Å². The van der Waals surface area contributed by atoms with Crippen LogP contribution in [0, 0.1) is 0 Å². The van der Waals surface area contributed by atoms with Crippen molar-refractivity contribution in [2.45, 2.75) is 79.1 Å². The van der Waals surface area contributed by atoms with E-state index in [1.54, 1.807) is 6.92 Å². The zero-order valence-electron chi connectivity index (χ0n) is 19.4. The molecule has 0 aromatic heterocycles. The maximum absolute atomic E-state index is 14.5. The normalized spacial score (nSPS) is 13.7. The molecule has 180 valence electrons. The monoisotopic (exact) mass is 453 g/mol. The van der Waals surface area contributed by atoms with Crippen LogP contribution < -0.4 is 0 Å². The van der Waals surface area contributed by atoms with E-state index in [9.17, 15) is 23.2 Å². The van der Waals surface area contributed by atoms with Crippen molar-refractivity contribution in [2.24, 2.45) is 0 Å². The van der Waals surface area contributed by atoms with Gasteiger partial charge in [-0.1, -0.05) is 0 Å². The third-order valence-corrected chi connectivity index (χ3v) is 3.10. The largest absolute Gasteiger partial charge is 0.464 e. The van der Waals surface area contributed by atoms with Crippen LogP contribution in [0.5, 0.6) is 0 Å². The molecule has 1 unspecified atom stereocenters. The van der Waals surface area contributed by atoms with E-state index in [1.165, 1.54) is 48.5 Å². The zero-order valence-corrected chi connectivity index (χ0v) is 19.4. The van der Waals surface area contributed by atoms with Crippen molar-refractivity contribution >= 4 is 18.2 Å². The highest BCUT2D eigenvalue weighted by Crippen LogP contribution is 2.24. The van der Waals surface area contributed by atoms with Gasteiger partial charge >= 0.3 is 18.2 Å². The van der Waals surface area contributed by atoms with Crippen LogP contribution >= 0.6 is 0 Å². The minimum absolute atomic E-state index is 0.103. The summed E-state index contributed by atoms with van der Waals surface area (Å²) in [5, 5.41) is 0. The third kappa shape index (κ3) is 11.6. The summed E-state index contributed by atoms with van der Waals surface area (Å²) >= 11 is 0. The van der Waals surface area contributed by atoms with Crippen LogP contribution in [0.1, 0.15) is 61.8 Å². The van der Waals surface area contributed by atoms with Gasteiger partial charge in [0.15, 0.2) is 11.9 Å². The van der Waals surface area contributed by atoms with Gasteiger partial charge in [0.1, 0.15) is 23.6 Å². The molecule has 0 saturated carbocycles. The first-order chi connectivity index (χ1) is 14.1. The van der Waals surface area contributed by atoms with Gasteiger partial charge in [-0.2, -0.15) is 4.90 Å². The molecule has 0 aliphatic rings. The number of nitrogens with zero attached hydrogens (tertiary/aromatic N) is 1. The second-order valence-electron chi connectivity index (χ2n) is 8.28. The fraction of sp³-hybridized carbons (Fsp3) is 0.750. The average Bonchev–Trinajstić information content (AvgIpc) is 2.58. The molecule has 31 heavy (non-hydrogen) atoms. The van der Waals surface area contributed by atoms with Crippen LogP contribution in [0.4, 0.5) is 18.4 Å². The molecule has 0 aromatic carbocycles. The highest BCUT2D eigenvalue weighted by atomic mass is 19.2. The van der Waals surface area contributed by atoms with Gasteiger partial charge < -0.3 is 14.2 Å². The molecule has 0 saturated heterocycles. The van der Waals surface area contributed by atoms with Crippen LogP contribution in [0.3, 0.4) is 0 Å². The lowest BCUT2D eigenvalue weighted by molar-refractivity contribution is -0.286. The number of amides is 2. The Hall–Kier alpha value is -2.27. The van der Waals surface area contributed by atoms with Gasteiger partial charge in [0.05, 0.1) is 13.2 Å². The molecule has 0 aromatic rings. The molecule has 2 amide bonds. The molecule has 0 radical (unpaired) electrons. The summed E-state index contributed by atoms with van der Waals surface area (Å²) in [6.45, 7) is 11.3. The number of hydrogen-bond acceptors (Lipinski definition) is 8. The van der Waals surface area contributed by atoms with E-state index in [0.717, 1.165) is 0 Å². The van der Waals surface area contributed by atoms with Crippen molar-refractivity contribution in [3.05, 3.63) is 11.7 Å². The minimum Gasteiger partial charge on any atom is -0.464 e. The Labute approximate surface area is 181 Å². The first kappa shape index (κ1) is 28.7. The minimum atomic E-state index is -1.89. The first-order valence-electron chi connectivity index (χ1n) is 9.82. The van der Waals surface area contributed by atoms with Gasteiger partial charge in [-0.3, -0.25) is 0 Å². The fourth-order valence-electron chi connectivity index (χ4n) is 2.01. The Morgan fingerprint density at radius 1 is 0.806 bits per heavy atom. The number of halogens is 2. The lowest BCUT2D eigenvalue weighted by Crippen LogP contribution is -2.52. The number of rotatable bonds is 9. The Balaban J connectivity index is 6.09. The summed E-state index contributed by atoms with van der Waals surface area (Å²) in [7, 11) is 0. The van der Waals surface area contributed by atoms with Gasteiger partial charge in [0.25, 0.3) is 0 Å². The number of esters is 1. The zero-order chi connectivity index (χ0) is 24.4. The molecule has 1 atom stereocenters. The van der Waals surface area contributed by atoms with Gasteiger partial charge in [-0.05, 0) is 55.4 Å². The smallest absolute Gasteiger partial charge is 0.420 e. The van der Waals surface area contributed by atoms with Crippen LogP contribution in [0.2, 0.25) is 0 Å². The molecular weight excluding hydrogens is 420 g/mol. The Kier molecular flexibility index (Phi) is 11.6. The maximum atomic E-state index is 14.5. The molecule has 0 heterocycles. The highest BCUT2D eigenvalue weighted by Gasteiger charge is 2.42. The molecule has 0 spiro atoms. The summed E-state index contributed by atoms with van der Waals surface area (Å²) in [6, 6.07) is -1.89. The average molecular weight is 453 g/mol. The summed E-state index contributed by atoms with van der Waals surface area (Å²) < 4.78 is 43.7. The summed E-state index contributed by atoms with van der Waals surface area (Å²) in [5.74, 6) is -3.96. The lowest BCUT2D eigenvalue weighted by Gasteiger charge is -2.32. The summed E-state index contributed by atoms with van der Waals surface area (Å²) in [6.07, 6.45) is -3.57. The van der Waals surface area contributed by atoms with Crippen LogP contribution in [0.25, 0.3) is 0 Å². The molecular formula is C20H33F2NO8. The summed E-state index contributed by atoms with van der Waals surface area (Å²) in [5.41, 5.74) is -2.11. The Bertz CT molecular complexity index is 625. The second kappa shape index (κ2) is 12.6. The molecule has 9 nitrogen and oxygen atoms in total. The van der Waals surface area contributed by atoms with E-state index >= 15 is 0 Å². The van der Waals surface area contributed by atoms with Gasteiger partial charge in [-0.15, -0.1) is 0 Å². The quantitative estimate of drug-likeness (QED) is 0.164. The first-order valence-corrected chi connectivity index (χ1v) is 9.82. The predicted molar refractivity (Wildman–Crippen MR) is 106 cm³/mol. The van der Waals surface area contributed by atoms with E-state index in [1.807, 2.05) is 0 Å². The van der Waals surface area contributed by atoms with E-state index in [-0.39, 0.29) is 18.1 Å². The SMILES string of the molecule is CCOOC/C(F)=C(\F)CC(C(=O)OCC)N(C(=O)OC(C)(C)C)C(=O)OC(C)(C)C. The molecule has 0 fully saturated rings. The summed E-state index contributed by atoms with van der Waals surface area (Å²) in [4.78, 5) is 47.2. The van der Waals surface area contributed by atoms with Crippen molar-refractivity contribution in [3.63, 3.8) is 0 Å². The molecule has 0 bridgehead atoms. The number of carbonyl (C=O) groups excluding carboxylic acids is 3. The second-order valence-corrected chi connectivity index (χ2v) is 8.28.